The van der Waals surface area contributed by atoms with Crippen LogP contribution in [0.3, 0.4) is 0 Å². The molecule has 14 heteroatoms. The zero-order valence-corrected chi connectivity index (χ0v) is 35.9. The van der Waals surface area contributed by atoms with Crippen LogP contribution in [-0.4, -0.2) is 91.4 Å². The molecule has 2 fully saturated rings. The number of pyridine rings is 1. The summed E-state index contributed by atoms with van der Waals surface area (Å²) in [6.45, 7) is 23.6. The third kappa shape index (κ3) is 9.23. The number of anilines is 2. The number of carbonyl (C=O) groups is 1. The molecule has 4 heterocycles. The van der Waals surface area contributed by atoms with Crippen molar-refractivity contribution in [2.75, 3.05) is 36.9 Å². The minimum absolute atomic E-state index is 0.157. The molecule has 2 aliphatic rings. The van der Waals surface area contributed by atoms with Crippen LogP contribution in [0.2, 0.25) is 51.4 Å². The third-order valence-electron chi connectivity index (χ3n) is 10.6. The first kappa shape index (κ1) is 40.4. The second-order valence-corrected chi connectivity index (χ2v) is 29.7. The summed E-state index contributed by atoms with van der Waals surface area (Å²) in [7, 11) is -2.53. The molecule has 294 valence electrons. The van der Waals surface area contributed by atoms with Gasteiger partial charge in [0.25, 0.3) is 0 Å². The number of carbonyl (C=O) groups excluding carboxylic acids is 1. The lowest BCUT2D eigenvalue weighted by atomic mass is 9.79. The Balaban J connectivity index is 1.27. The van der Waals surface area contributed by atoms with Gasteiger partial charge in [0, 0.05) is 47.1 Å². The lowest BCUT2D eigenvalue weighted by Crippen LogP contribution is -2.40. The quantitative estimate of drug-likeness (QED) is 0.0674. The molecule has 0 spiro atoms. The summed E-state index contributed by atoms with van der Waals surface area (Å²) in [5, 5.41) is 21.3. The minimum Gasteiger partial charge on any atom is -0.381 e. The Labute approximate surface area is 322 Å². The smallest absolute Gasteiger partial charge is 0.222 e. The summed E-state index contributed by atoms with van der Waals surface area (Å²) < 4.78 is 27.4. The van der Waals surface area contributed by atoms with Crippen molar-refractivity contribution in [3.63, 3.8) is 0 Å². The Morgan fingerprint density at radius 2 is 1.61 bits per heavy atom. The minimum atomic E-state index is -1.39. The SMILES string of the molecule is CC(=O)Nc1ccc2ccc(CC[C@@]3(C)C[C@@](O)(c4ccc5c(N(COCC[Si](C)(C)C)COCC[Si](C)(C)C)ncnn45)[C@@H]4OC(C)(C)O[C@@H]43)cc2n1. The Kier molecular flexibility index (Phi) is 11.5. The van der Waals surface area contributed by atoms with E-state index >= 15 is 0 Å². The standard InChI is InChI=1S/C40H60N6O6Si2/c1-28(47)43-34-16-13-30-12-11-29(23-31(30)44-34)17-18-39(4)24-40(48,36-35(39)51-38(2,3)52-36)33-15-14-32-37(41-25-42-46(32)33)45(26-49-19-21-53(5,6)7)27-50-20-22-54(8,9)10/h11-16,23,25,35-36,48H,17-22,24,26-27H2,1-10H3,(H,43,44,47)/t35-,36+,39-,40+/m0/s1. The maximum absolute atomic E-state index is 12.9. The van der Waals surface area contributed by atoms with Gasteiger partial charge in [-0.1, -0.05) is 58.3 Å². The second kappa shape index (κ2) is 15.4. The van der Waals surface area contributed by atoms with Crippen molar-refractivity contribution in [1.29, 1.82) is 0 Å². The molecule has 1 aromatic carbocycles. The molecule has 1 saturated heterocycles. The highest BCUT2D eigenvalue weighted by molar-refractivity contribution is 6.76. The number of ether oxygens (including phenoxy) is 4. The molecule has 1 aliphatic heterocycles. The summed E-state index contributed by atoms with van der Waals surface area (Å²) in [4.78, 5) is 23.1. The fourth-order valence-corrected chi connectivity index (χ4v) is 9.17. The molecule has 1 amide bonds. The molecule has 0 unspecified atom stereocenters. The van der Waals surface area contributed by atoms with E-state index in [-0.39, 0.29) is 12.0 Å². The van der Waals surface area contributed by atoms with Gasteiger partial charge < -0.3 is 34.3 Å². The first-order valence-electron chi connectivity index (χ1n) is 19.2. The number of nitrogens with one attached hydrogen (secondary N) is 1. The number of benzene rings is 1. The van der Waals surface area contributed by atoms with E-state index in [1.165, 1.54) is 6.92 Å². The monoisotopic (exact) mass is 776 g/mol. The molecule has 4 atom stereocenters. The van der Waals surface area contributed by atoms with E-state index in [0.29, 0.717) is 50.4 Å². The zero-order chi connectivity index (χ0) is 39.1. The molecular formula is C40H60N6O6Si2. The average Bonchev–Trinajstić information content (AvgIpc) is 3.72. The van der Waals surface area contributed by atoms with E-state index in [1.54, 1.807) is 10.8 Å². The third-order valence-corrected chi connectivity index (χ3v) is 14.0. The van der Waals surface area contributed by atoms with Gasteiger partial charge in [-0.3, -0.25) is 4.79 Å². The predicted octanol–water partition coefficient (Wildman–Crippen LogP) is 7.42. The van der Waals surface area contributed by atoms with E-state index in [1.807, 2.05) is 43.0 Å². The van der Waals surface area contributed by atoms with Crippen molar-refractivity contribution in [3.8, 4) is 0 Å². The Hall–Kier alpha value is -3.25. The van der Waals surface area contributed by atoms with E-state index in [9.17, 15) is 9.90 Å². The van der Waals surface area contributed by atoms with Gasteiger partial charge in [-0.2, -0.15) is 5.10 Å². The van der Waals surface area contributed by atoms with Crippen molar-refractivity contribution >= 4 is 50.1 Å². The topological polar surface area (TPSA) is 133 Å². The van der Waals surface area contributed by atoms with E-state index in [0.717, 1.165) is 46.9 Å². The molecule has 0 radical (unpaired) electrons. The van der Waals surface area contributed by atoms with Crippen molar-refractivity contribution in [2.45, 2.75) is 122 Å². The lowest BCUT2D eigenvalue weighted by Gasteiger charge is -2.33. The highest BCUT2D eigenvalue weighted by Crippen LogP contribution is 2.58. The first-order chi connectivity index (χ1) is 25.3. The average molecular weight is 777 g/mol. The van der Waals surface area contributed by atoms with Gasteiger partial charge in [-0.25, -0.2) is 14.5 Å². The number of nitrogens with zero attached hydrogens (tertiary/aromatic N) is 5. The van der Waals surface area contributed by atoms with Crippen LogP contribution in [0.15, 0.2) is 48.8 Å². The van der Waals surface area contributed by atoms with Gasteiger partial charge in [0.15, 0.2) is 11.6 Å². The van der Waals surface area contributed by atoms with Crippen molar-refractivity contribution < 1.29 is 28.8 Å². The van der Waals surface area contributed by atoms with Gasteiger partial charge in [-0.15, -0.1) is 0 Å². The van der Waals surface area contributed by atoms with Crippen molar-refractivity contribution in [1.82, 2.24) is 19.6 Å². The summed E-state index contributed by atoms with van der Waals surface area (Å²) in [6.07, 6.45) is 2.47. The van der Waals surface area contributed by atoms with Crippen LogP contribution in [-0.2, 0) is 35.8 Å². The van der Waals surface area contributed by atoms with Crippen LogP contribution >= 0.6 is 0 Å². The van der Waals surface area contributed by atoms with Crippen molar-refractivity contribution in [2.24, 2.45) is 5.41 Å². The molecule has 3 aromatic heterocycles. The number of aromatic nitrogens is 4. The fraction of sp³-hybridized carbons (Fsp3) is 0.600. The molecule has 12 nitrogen and oxygen atoms in total. The highest BCUT2D eigenvalue weighted by atomic mass is 28.3. The maximum Gasteiger partial charge on any atom is 0.222 e. The summed E-state index contributed by atoms with van der Waals surface area (Å²) in [5.41, 5.74) is 1.50. The predicted molar refractivity (Wildman–Crippen MR) is 218 cm³/mol. The van der Waals surface area contributed by atoms with Crippen LogP contribution in [0.4, 0.5) is 11.6 Å². The van der Waals surface area contributed by atoms with Crippen LogP contribution in [0, 0.1) is 5.41 Å². The van der Waals surface area contributed by atoms with E-state index in [2.05, 4.69) is 74.7 Å². The number of aryl methyl sites for hydroxylation is 1. The Morgan fingerprint density at radius 3 is 2.26 bits per heavy atom. The van der Waals surface area contributed by atoms with Gasteiger partial charge in [-0.05, 0) is 81.1 Å². The maximum atomic E-state index is 12.9. The molecule has 1 aliphatic carbocycles. The van der Waals surface area contributed by atoms with Crippen LogP contribution in [0.1, 0.15) is 51.8 Å². The Bertz CT molecular complexity index is 1940. The van der Waals surface area contributed by atoms with Crippen molar-refractivity contribution in [3.05, 3.63) is 60.0 Å². The molecular weight excluding hydrogens is 717 g/mol. The number of hydrogen-bond acceptors (Lipinski definition) is 10. The normalized spacial score (nSPS) is 24.0. The molecule has 4 aromatic rings. The molecule has 2 N–H and O–H groups in total. The second-order valence-electron chi connectivity index (χ2n) is 18.5. The molecule has 54 heavy (non-hydrogen) atoms. The number of aliphatic hydroxyl groups is 1. The van der Waals surface area contributed by atoms with Gasteiger partial charge in [0.2, 0.25) is 5.91 Å². The summed E-state index contributed by atoms with van der Waals surface area (Å²) in [5.74, 6) is 0.187. The molecule has 6 rings (SSSR count). The van der Waals surface area contributed by atoms with Gasteiger partial charge >= 0.3 is 0 Å². The van der Waals surface area contributed by atoms with E-state index < -0.39 is 39.1 Å². The molecule has 0 bridgehead atoms. The number of rotatable bonds is 16. The lowest BCUT2D eigenvalue weighted by molar-refractivity contribution is -0.192. The van der Waals surface area contributed by atoms with E-state index in [4.69, 9.17) is 29.0 Å². The van der Waals surface area contributed by atoms with Crippen LogP contribution in [0.25, 0.3) is 16.4 Å². The number of fused-ring (bicyclic) bond motifs is 3. The van der Waals surface area contributed by atoms with Crippen LogP contribution < -0.4 is 10.2 Å². The zero-order valence-electron chi connectivity index (χ0n) is 33.9. The van der Waals surface area contributed by atoms with Gasteiger partial charge in [0.05, 0.1) is 17.3 Å². The van der Waals surface area contributed by atoms with Crippen LogP contribution in [0.5, 0.6) is 0 Å². The summed E-state index contributed by atoms with van der Waals surface area (Å²) >= 11 is 0. The highest BCUT2D eigenvalue weighted by Gasteiger charge is 2.66. The first-order valence-corrected chi connectivity index (χ1v) is 26.7. The van der Waals surface area contributed by atoms with Gasteiger partial charge in [0.1, 0.15) is 42.8 Å². The molecule has 1 saturated carbocycles. The number of hydrogen-bond donors (Lipinski definition) is 2. The fourth-order valence-electron chi connectivity index (χ4n) is 7.66. The summed E-state index contributed by atoms with van der Waals surface area (Å²) in [6, 6.07) is 16.1. The largest absolute Gasteiger partial charge is 0.381 e. The number of amides is 1. The Morgan fingerprint density at radius 1 is 0.963 bits per heavy atom.